The molecule has 2 bridgehead atoms. The van der Waals surface area contributed by atoms with Crippen LogP contribution in [0.3, 0.4) is 0 Å². The molecule has 5 rings (SSSR count). The summed E-state index contributed by atoms with van der Waals surface area (Å²) in [5, 5.41) is 16.8. The van der Waals surface area contributed by atoms with Crippen LogP contribution in [0, 0.1) is 5.82 Å². The summed E-state index contributed by atoms with van der Waals surface area (Å²) in [5.41, 5.74) is -1.43. The molecule has 0 heterocycles. The molecule has 3 saturated carbocycles. The Morgan fingerprint density at radius 2 is 1.59 bits per heavy atom. The van der Waals surface area contributed by atoms with E-state index < -0.39 is 44.7 Å². The number of fused-ring (bicyclic) bond motifs is 3. The molecular formula is C27H32ClFN2O7S. The molecule has 0 radical (unpaired) electrons. The Labute approximate surface area is 231 Å². The minimum absolute atomic E-state index is 0.0414. The van der Waals surface area contributed by atoms with Crippen molar-refractivity contribution in [1.82, 2.24) is 10.6 Å². The average molecular weight is 583 g/mol. The van der Waals surface area contributed by atoms with Crippen LogP contribution in [0.1, 0.15) is 45.4 Å². The van der Waals surface area contributed by atoms with E-state index in [0.29, 0.717) is 37.9 Å². The molecule has 3 N–H and O–H groups in total. The van der Waals surface area contributed by atoms with Gasteiger partial charge in [-0.05, 0) is 74.9 Å². The van der Waals surface area contributed by atoms with E-state index in [1.165, 1.54) is 36.4 Å². The van der Waals surface area contributed by atoms with Crippen molar-refractivity contribution in [2.24, 2.45) is 0 Å². The smallest absolute Gasteiger partial charge is 0.258 e. The fourth-order valence-electron chi connectivity index (χ4n) is 5.30. The van der Waals surface area contributed by atoms with Gasteiger partial charge < -0.3 is 25.2 Å². The van der Waals surface area contributed by atoms with Crippen LogP contribution >= 0.6 is 11.6 Å². The van der Waals surface area contributed by atoms with Crippen molar-refractivity contribution in [1.29, 1.82) is 0 Å². The molecule has 212 valence electrons. The third-order valence-corrected chi connectivity index (χ3v) is 9.64. The summed E-state index contributed by atoms with van der Waals surface area (Å²) in [6, 6.07) is 9.84. The lowest BCUT2D eigenvalue weighted by molar-refractivity contribution is -0.137. The van der Waals surface area contributed by atoms with E-state index in [9.17, 15) is 27.5 Å². The number of aliphatic hydroxyl groups excluding tert-OH is 1. The van der Waals surface area contributed by atoms with Gasteiger partial charge in [-0.15, -0.1) is 0 Å². The first-order valence-corrected chi connectivity index (χ1v) is 14.8. The Morgan fingerprint density at radius 1 is 1.00 bits per heavy atom. The molecule has 12 heteroatoms. The predicted octanol–water partition coefficient (Wildman–Crippen LogP) is 3.17. The maximum absolute atomic E-state index is 13.6. The monoisotopic (exact) mass is 582 g/mol. The van der Waals surface area contributed by atoms with Crippen LogP contribution in [0.4, 0.5) is 4.39 Å². The van der Waals surface area contributed by atoms with Crippen molar-refractivity contribution >= 4 is 33.3 Å². The van der Waals surface area contributed by atoms with E-state index >= 15 is 0 Å². The Balaban J connectivity index is 1.26. The summed E-state index contributed by atoms with van der Waals surface area (Å²) in [4.78, 5) is 25.4. The van der Waals surface area contributed by atoms with E-state index in [4.69, 9.17) is 21.1 Å². The van der Waals surface area contributed by atoms with Gasteiger partial charge in [-0.25, -0.2) is 12.8 Å². The molecule has 2 aromatic rings. The van der Waals surface area contributed by atoms with E-state index in [2.05, 4.69) is 10.6 Å². The third-order valence-electron chi connectivity index (χ3n) is 7.40. The van der Waals surface area contributed by atoms with Gasteiger partial charge in [0.15, 0.2) is 23.1 Å². The number of carbonyl (C=O) groups is 2. The third kappa shape index (κ3) is 6.82. The molecule has 3 fully saturated rings. The summed E-state index contributed by atoms with van der Waals surface area (Å²) in [5.74, 6) is -0.842. The van der Waals surface area contributed by atoms with Gasteiger partial charge in [0.25, 0.3) is 11.8 Å². The number of aliphatic hydroxyl groups is 1. The summed E-state index contributed by atoms with van der Waals surface area (Å²) < 4.78 is 48.8. The number of hydrogen-bond donors (Lipinski definition) is 3. The molecule has 39 heavy (non-hydrogen) atoms. The molecule has 2 aromatic carbocycles. The van der Waals surface area contributed by atoms with E-state index in [0.717, 1.165) is 6.07 Å². The topological polar surface area (TPSA) is 131 Å². The maximum Gasteiger partial charge on any atom is 0.258 e. The largest absolute Gasteiger partial charge is 0.484 e. The summed E-state index contributed by atoms with van der Waals surface area (Å²) in [7, 11) is -3.34. The second kappa shape index (κ2) is 11.7. The molecule has 0 spiro atoms. The number of rotatable bonds is 11. The summed E-state index contributed by atoms with van der Waals surface area (Å²) in [6.45, 7) is 1.19. The van der Waals surface area contributed by atoms with Crippen molar-refractivity contribution < 1.29 is 37.0 Å². The molecular weight excluding hydrogens is 551 g/mol. The highest BCUT2D eigenvalue weighted by molar-refractivity contribution is 7.91. The fourth-order valence-corrected chi connectivity index (χ4v) is 6.74. The zero-order valence-corrected chi connectivity index (χ0v) is 23.1. The molecule has 3 aliphatic carbocycles. The van der Waals surface area contributed by atoms with Gasteiger partial charge in [0.05, 0.1) is 27.3 Å². The highest BCUT2D eigenvalue weighted by atomic mass is 35.5. The summed E-state index contributed by atoms with van der Waals surface area (Å²) in [6.07, 6.45) is 1.95. The summed E-state index contributed by atoms with van der Waals surface area (Å²) >= 11 is 5.66. The number of benzene rings is 2. The van der Waals surface area contributed by atoms with Gasteiger partial charge in [-0.1, -0.05) is 18.5 Å². The second-order valence-corrected chi connectivity index (χ2v) is 12.7. The van der Waals surface area contributed by atoms with Crippen LogP contribution in [0.15, 0.2) is 47.4 Å². The Morgan fingerprint density at radius 3 is 2.18 bits per heavy atom. The Kier molecular flexibility index (Phi) is 8.72. The molecule has 3 aliphatic rings. The number of ether oxygens (including phenoxy) is 2. The van der Waals surface area contributed by atoms with Crippen LogP contribution in [-0.2, 0) is 19.4 Å². The maximum atomic E-state index is 13.6. The predicted molar refractivity (Wildman–Crippen MR) is 142 cm³/mol. The molecule has 0 unspecified atom stereocenters. The lowest BCUT2D eigenvalue weighted by atomic mass is 9.60. The van der Waals surface area contributed by atoms with Crippen LogP contribution in [-0.4, -0.2) is 61.5 Å². The number of amides is 2. The zero-order valence-electron chi connectivity index (χ0n) is 21.5. The Bertz CT molecular complexity index is 1310. The van der Waals surface area contributed by atoms with Gasteiger partial charge in [0, 0.05) is 11.6 Å². The van der Waals surface area contributed by atoms with Gasteiger partial charge in [0.1, 0.15) is 17.3 Å². The van der Waals surface area contributed by atoms with Gasteiger partial charge in [-0.2, -0.15) is 0 Å². The van der Waals surface area contributed by atoms with Gasteiger partial charge >= 0.3 is 0 Å². The lowest BCUT2D eigenvalue weighted by Gasteiger charge is -2.56. The van der Waals surface area contributed by atoms with Crippen molar-refractivity contribution in [3.63, 3.8) is 0 Å². The number of nitrogens with one attached hydrogen (secondary N) is 2. The first kappa shape index (κ1) is 29.1. The van der Waals surface area contributed by atoms with Crippen molar-refractivity contribution in [3.8, 4) is 11.5 Å². The first-order chi connectivity index (χ1) is 18.5. The highest BCUT2D eigenvalue weighted by Crippen LogP contribution is 2.47. The van der Waals surface area contributed by atoms with Crippen LogP contribution < -0.4 is 20.1 Å². The molecule has 1 atom stereocenters. The molecule has 2 amide bonds. The van der Waals surface area contributed by atoms with Crippen molar-refractivity contribution in [2.45, 2.75) is 67.5 Å². The van der Waals surface area contributed by atoms with Gasteiger partial charge in [-0.3, -0.25) is 9.59 Å². The second-order valence-electron chi connectivity index (χ2n) is 10.2. The molecule has 9 nitrogen and oxygen atoms in total. The SMILES string of the molecule is CCCS(=O)(=O)c1ccc(OCC(=O)NC23CCC(NC(=O)COc4ccc(Cl)c(F)c4)(CC2)C[C@H]3O)cc1. The number of sulfone groups is 1. The minimum atomic E-state index is -3.34. The number of halogens is 2. The highest BCUT2D eigenvalue weighted by Gasteiger charge is 2.55. The van der Waals surface area contributed by atoms with Crippen LogP contribution in [0.2, 0.25) is 5.02 Å². The average Bonchev–Trinajstić information content (AvgIpc) is 2.89. The quantitative estimate of drug-likeness (QED) is 0.371. The van der Waals surface area contributed by atoms with Crippen molar-refractivity contribution in [2.75, 3.05) is 19.0 Å². The normalized spacial score (nSPS) is 24.2. The fraction of sp³-hybridized carbons (Fsp3) is 0.481. The lowest BCUT2D eigenvalue weighted by Crippen LogP contribution is -2.70. The van der Waals surface area contributed by atoms with E-state index in [1.54, 1.807) is 6.92 Å². The van der Waals surface area contributed by atoms with E-state index in [-0.39, 0.29) is 41.1 Å². The minimum Gasteiger partial charge on any atom is -0.484 e. The van der Waals surface area contributed by atoms with E-state index in [1.807, 2.05) is 0 Å². The first-order valence-electron chi connectivity index (χ1n) is 12.8. The van der Waals surface area contributed by atoms with Crippen molar-refractivity contribution in [3.05, 3.63) is 53.3 Å². The van der Waals surface area contributed by atoms with Crippen LogP contribution in [0.25, 0.3) is 0 Å². The number of hydrogen-bond acceptors (Lipinski definition) is 7. The molecule has 0 aliphatic heterocycles. The van der Waals surface area contributed by atoms with Crippen LogP contribution in [0.5, 0.6) is 11.5 Å². The van der Waals surface area contributed by atoms with Gasteiger partial charge in [0.2, 0.25) is 0 Å². The standard InChI is InChI=1S/C27H32ClFN2O7S/c1-2-13-39(35,36)20-6-3-18(4-7-20)37-17-25(34)31-27-11-9-26(10-12-27,15-23(27)32)30-24(33)16-38-19-5-8-21(28)22(29)14-19/h3-8,14,23,32H,2,9-13,15-17H2,1H3,(H,30,33)(H,31,34)/t23-,26?,27?/m1/s1. The number of carbonyl (C=O) groups excluding carboxylic acids is 2. The Hall–Kier alpha value is -2.89. The molecule has 0 saturated heterocycles. The molecule has 0 aromatic heterocycles. The zero-order chi connectivity index (χ0) is 28.3.